The Balaban J connectivity index is 2.01. The lowest BCUT2D eigenvalue weighted by Crippen LogP contribution is -2.17. The third-order valence-electron chi connectivity index (χ3n) is 4.42. The van der Waals surface area contributed by atoms with Gasteiger partial charge in [-0.1, -0.05) is 42.5 Å². The van der Waals surface area contributed by atoms with Crippen molar-refractivity contribution in [3.8, 4) is 16.9 Å². The largest absolute Gasteiger partial charge is 0.465 e. The van der Waals surface area contributed by atoms with Gasteiger partial charge in [-0.05, 0) is 47.9 Å². The summed E-state index contributed by atoms with van der Waals surface area (Å²) in [6, 6.07) is 19.6. The van der Waals surface area contributed by atoms with E-state index in [1.54, 1.807) is 36.4 Å². The zero-order valence-corrected chi connectivity index (χ0v) is 16.9. The van der Waals surface area contributed by atoms with E-state index in [0.717, 1.165) is 16.7 Å². The number of carbonyl (C=O) groups excluding carboxylic acids is 3. The van der Waals surface area contributed by atoms with E-state index < -0.39 is 17.8 Å². The Bertz CT molecular complexity index is 1110. The van der Waals surface area contributed by atoms with Crippen LogP contribution in [0, 0.1) is 6.92 Å². The average molecular weight is 403 g/mol. The van der Waals surface area contributed by atoms with Crippen molar-refractivity contribution in [3.63, 3.8) is 0 Å². The molecule has 1 N–H and O–H groups in total. The maximum Gasteiger partial charge on any atom is 0.339 e. The molecule has 30 heavy (non-hydrogen) atoms. The van der Waals surface area contributed by atoms with Crippen molar-refractivity contribution in [2.75, 3.05) is 12.4 Å². The summed E-state index contributed by atoms with van der Waals surface area (Å²) in [6.45, 7) is 3.09. The molecule has 0 fully saturated rings. The Hall–Kier alpha value is -3.93. The van der Waals surface area contributed by atoms with Gasteiger partial charge in [-0.3, -0.25) is 9.59 Å². The number of benzene rings is 3. The molecule has 0 unspecified atom stereocenters. The first kappa shape index (κ1) is 20.8. The molecule has 0 radical (unpaired) electrons. The van der Waals surface area contributed by atoms with Gasteiger partial charge in [-0.15, -0.1) is 0 Å². The van der Waals surface area contributed by atoms with Crippen molar-refractivity contribution in [3.05, 3.63) is 83.4 Å². The second-order valence-electron chi connectivity index (χ2n) is 6.67. The summed E-state index contributed by atoms with van der Waals surface area (Å²) in [5.74, 6) is -1.47. The summed E-state index contributed by atoms with van der Waals surface area (Å²) < 4.78 is 10.0. The molecule has 0 aliphatic heterocycles. The molecule has 3 rings (SSSR count). The van der Waals surface area contributed by atoms with Gasteiger partial charge in [-0.2, -0.15) is 0 Å². The van der Waals surface area contributed by atoms with Gasteiger partial charge < -0.3 is 14.8 Å². The van der Waals surface area contributed by atoms with Gasteiger partial charge in [0, 0.05) is 6.92 Å². The number of anilines is 1. The summed E-state index contributed by atoms with van der Waals surface area (Å²) in [6.07, 6.45) is 0. The number of amides is 1. The molecule has 0 heterocycles. The SMILES string of the molecule is COC(=O)c1ccc(-c2ccccc2)cc1NC(=O)c1ccc(C)cc1OC(C)=O. The number of aryl methyl sites for hydroxylation is 1. The smallest absolute Gasteiger partial charge is 0.339 e. The van der Waals surface area contributed by atoms with Crippen molar-refractivity contribution in [2.24, 2.45) is 0 Å². The lowest BCUT2D eigenvalue weighted by Gasteiger charge is -2.14. The highest BCUT2D eigenvalue weighted by Gasteiger charge is 2.19. The van der Waals surface area contributed by atoms with E-state index in [-0.39, 0.29) is 16.9 Å². The van der Waals surface area contributed by atoms with Crippen molar-refractivity contribution in [2.45, 2.75) is 13.8 Å². The molecule has 1 amide bonds. The van der Waals surface area contributed by atoms with E-state index in [1.807, 2.05) is 37.3 Å². The lowest BCUT2D eigenvalue weighted by molar-refractivity contribution is -0.131. The Morgan fingerprint density at radius 1 is 0.833 bits per heavy atom. The van der Waals surface area contributed by atoms with Crippen LogP contribution in [0.2, 0.25) is 0 Å². The number of methoxy groups -OCH3 is 1. The third-order valence-corrected chi connectivity index (χ3v) is 4.42. The van der Waals surface area contributed by atoms with E-state index in [1.165, 1.54) is 14.0 Å². The van der Waals surface area contributed by atoms with E-state index in [4.69, 9.17) is 9.47 Å². The topological polar surface area (TPSA) is 81.7 Å². The van der Waals surface area contributed by atoms with Crippen LogP contribution < -0.4 is 10.1 Å². The summed E-state index contributed by atoms with van der Waals surface area (Å²) in [7, 11) is 1.28. The van der Waals surface area contributed by atoms with Crippen LogP contribution in [0.1, 0.15) is 33.2 Å². The van der Waals surface area contributed by atoms with E-state index >= 15 is 0 Å². The van der Waals surface area contributed by atoms with E-state index in [0.29, 0.717) is 5.69 Å². The van der Waals surface area contributed by atoms with Crippen LogP contribution in [0.15, 0.2) is 66.7 Å². The lowest BCUT2D eigenvalue weighted by atomic mass is 10.0. The Morgan fingerprint density at radius 2 is 1.53 bits per heavy atom. The fourth-order valence-corrected chi connectivity index (χ4v) is 2.99. The summed E-state index contributed by atoms with van der Waals surface area (Å²) in [5.41, 5.74) is 3.28. The zero-order chi connectivity index (χ0) is 21.7. The fraction of sp³-hybridized carbons (Fsp3) is 0.125. The first-order valence-electron chi connectivity index (χ1n) is 9.27. The van der Waals surface area contributed by atoms with Gasteiger partial charge in [0.15, 0.2) is 0 Å². The highest BCUT2D eigenvalue weighted by atomic mass is 16.5. The maximum atomic E-state index is 13.0. The number of nitrogens with one attached hydrogen (secondary N) is 1. The van der Waals surface area contributed by atoms with Gasteiger partial charge in [0.1, 0.15) is 5.75 Å². The highest BCUT2D eigenvalue weighted by molar-refractivity contribution is 6.10. The first-order valence-corrected chi connectivity index (χ1v) is 9.27. The maximum absolute atomic E-state index is 13.0. The van der Waals surface area contributed by atoms with Gasteiger partial charge >= 0.3 is 11.9 Å². The molecule has 0 aromatic heterocycles. The second kappa shape index (κ2) is 9.05. The monoisotopic (exact) mass is 403 g/mol. The predicted molar refractivity (Wildman–Crippen MR) is 114 cm³/mol. The Morgan fingerprint density at radius 3 is 2.20 bits per heavy atom. The van der Waals surface area contributed by atoms with Crippen LogP contribution in [0.25, 0.3) is 11.1 Å². The molecule has 6 heteroatoms. The number of esters is 2. The van der Waals surface area contributed by atoms with E-state index in [9.17, 15) is 14.4 Å². The number of ether oxygens (including phenoxy) is 2. The van der Waals surface area contributed by atoms with Crippen LogP contribution in [0.3, 0.4) is 0 Å². The minimum Gasteiger partial charge on any atom is -0.465 e. The number of hydrogen-bond acceptors (Lipinski definition) is 5. The molecule has 3 aromatic carbocycles. The molecular weight excluding hydrogens is 382 g/mol. The number of rotatable bonds is 5. The first-order chi connectivity index (χ1) is 14.4. The standard InChI is InChI=1S/C24H21NO5/c1-15-9-11-20(22(13-15)30-16(2)26)23(27)25-21-14-18(17-7-5-4-6-8-17)10-12-19(21)24(28)29-3/h4-14H,1-3H3,(H,25,27). The summed E-state index contributed by atoms with van der Waals surface area (Å²) in [4.78, 5) is 36.6. The molecule has 0 spiro atoms. The van der Waals surface area contributed by atoms with Crippen LogP contribution in [0.5, 0.6) is 5.75 Å². The van der Waals surface area contributed by atoms with Crippen LogP contribution in [0.4, 0.5) is 5.69 Å². The molecule has 6 nitrogen and oxygen atoms in total. The average Bonchev–Trinajstić information content (AvgIpc) is 2.73. The third kappa shape index (κ3) is 4.72. The molecule has 0 bridgehead atoms. The van der Waals surface area contributed by atoms with Crippen molar-refractivity contribution in [1.29, 1.82) is 0 Å². The van der Waals surface area contributed by atoms with Crippen molar-refractivity contribution >= 4 is 23.5 Å². The summed E-state index contributed by atoms with van der Waals surface area (Å²) >= 11 is 0. The second-order valence-corrected chi connectivity index (χ2v) is 6.67. The predicted octanol–water partition coefficient (Wildman–Crippen LogP) is 4.63. The molecular formula is C24H21NO5. The number of carbonyl (C=O) groups is 3. The van der Waals surface area contributed by atoms with Gasteiger partial charge in [0.05, 0.1) is 23.9 Å². The minimum atomic E-state index is -0.575. The zero-order valence-electron chi connectivity index (χ0n) is 16.9. The van der Waals surface area contributed by atoms with Gasteiger partial charge in [0.25, 0.3) is 5.91 Å². The molecule has 3 aromatic rings. The summed E-state index contributed by atoms with van der Waals surface area (Å²) in [5, 5.41) is 2.75. The normalized spacial score (nSPS) is 10.2. The van der Waals surface area contributed by atoms with Crippen molar-refractivity contribution in [1.82, 2.24) is 0 Å². The molecule has 0 aliphatic rings. The quantitative estimate of drug-likeness (QED) is 0.496. The molecule has 0 saturated carbocycles. The molecule has 152 valence electrons. The molecule has 0 saturated heterocycles. The van der Waals surface area contributed by atoms with Crippen LogP contribution >= 0.6 is 0 Å². The molecule has 0 aliphatic carbocycles. The van der Waals surface area contributed by atoms with Crippen LogP contribution in [-0.4, -0.2) is 25.0 Å². The van der Waals surface area contributed by atoms with Crippen LogP contribution in [-0.2, 0) is 9.53 Å². The Kier molecular flexibility index (Phi) is 6.27. The molecule has 0 atom stereocenters. The van der Waals surface area contributed by atoms with Gasteiger partial charge in [0.2, 0.25) is 0 Å². The minimum absolute atomic E-state index is 0.152. The van der Waals surface area contributed by atoms with E-state index in [2.05, 4.69) is 5.32 Å². The van der Waals surface area contributed by atoms with Gasteiger partial charge in [-0.25, -0.2) is 4.79 Å². The highest BCUT2D eigenvalue weighted by Crippen LogP contribution is 2.28. The number of hydrogen-bond donors (Lipinski definition) is 1. The Labute approximate surface area is 174 Å². The van der Waals surface area contributed by atoms with Crippen molar-refractivity contribution < 1.29 is 23.9 Å². The fourth-order valence-electron chi connectivity index (χ4n) is 2.99.